The summed E-state index contributed by atoms with van der Waals surface area (Å²) in [5.74, 6) is 0.380. The van der Waals surface area contributed by atoms with Crippen molar-refractivity contribution in [2.24, 2.45) is 5.92 Å². The molecule has 1 heteroatoms. The second-order valence-corrected chi connectivity index (χ2v) is 2.90. The minimum absolute atomic E-state index is 0.153. The fraction of sp³-hybridized carbons (Fsp3) is 0.667. The molecule has 0 radical (unpaired) electrons. The van der Waals surface area contributed by atoms with Crippen LogP contribution in [0.3, 0.4) is 0 Å². The molecular formula is C9H14O. The Morgan fingerprint density at radius 2 is 2.20 bits per heavy atom. The molecule has 0 amide bonds. The standard InChI is InChI=1S/C9H14O/c1-2-9(10)8-6-4-3-5-7-8/h2,8H,1,3-7H2/i1T/b2-1+. The first-order chi connectivity index (χ1) is 5.34. The van der Waals surface area contributed by atoms with E-state index >= 15 is 0 Å². The van der Waals surface area contributed by atoms with Crippen LogP contribution in [0.5, 0.6) is 0 Å². The highest BCUT2D eigenvalue weighted by atomic mass is 16.1. The summed E-state index contributed by atoms with van der Waals surface area (Å²) < 4.78 is 6.75. The first-order valence-corrected chi connectivity index (χ1v) is 3.93. The van der Waals surface area contributed by atoms with Crippen molar-refractivity contribution in [2.45, 2.75) is 32.1 Å². The van der Waals surface area contributed by atoms with Gasteiger partial charge in [-0.1, -0.05) is 25.8 Å². The van der Waals surface area contributed by atoms with E-state index in [2.05, 4.69) is 0 Å². The van der Waals surface area contributed by atoms with Crippen LogP contribution in [0.2, 0.25) is 0 Å². The van der Waals surface area contributed by atoms with Gasteiger partial charge in [0, 0.05) is 5.92 Å². The normalized spacial score (nSPS) is 23.0. The number of carbonyl (C=O) groups excluding carboxylic acids is 1. The Kier molecular flexibility index (Phi) is 2.18. The van der Waals surface area contributed by atoms with Crippen LogP contribution in [-0.4, -0.2) is 5.78 Å². The lowest BCUT2D eigenvalue weighted by Crippen LogP contribution is -2.14. The molecule has 1 rings (SSSR count). The highest BCUT2D eigenvalue weighted by molar-refractivity contribution is 5.91. The van der Waals surface area contributed by atoms with Gasteiger partial charge in [-0.15, -0.1) is 0 Å². The van der Waals surface area contributed by atoms with E-state index in [1.165, 1.54) is 25.3 Å². The lowest BCUT2D eigenvalue weighted by atomic mass is 9.86. The summed E-state index contributed by atoms with van der Waals surface area (Å²) >= 11 is 0. The third-order valence-electron chi connectivity index (χ3n) is 2.17. The fourth-order valence-corrected chi connectivity index (χ4v) is 1.52. The number of carbonyl (C=O) groups is 1. The van der Waals surface area contributed by atoms with Crippen LogP contribution >= 0.6 is 0 Å². The van der Waals surface area contributed by atoms with Crippen molar-refractivity contribution in [3.8, 4) is 0 Å². The van der Waals surface area contributed by atoms with Gasteiger partial charge in [0.15, 0.2) is 5.78 Å². The first-order valence-electron chi connectivity index (χ1n) is 4.51. The Labute approximate surface area is 63.5 Å². The number of allylic oxidation sites excluding steroid dienone is 1. The molecular weight excluding hydrogens is 124 g/mol. The maximum absolute atomic E-state index is 11.2. The Morgan fingerprint density at radius 1 is 1.50 bits per heavy atom. The maximum Gasteiger partial charge on any atom is 0.158 e. The summed E-state index contributed by atoms with van der Waals surface area (Å²) in [5, 5.41) is 0. The fourth-order valence-electron chi connectivity index (χ4n) is 1.52. The highest BCUT2D eigenvalue weighted by Crippen LogP contribution is 2.24. The Hall–Kier alpha value is -0.590. The van der Waals surface area contributed by atoms with Crippen LogP contribution in [-0.2, 0) is 4.79 Å². The predicted molar refractivity (Wildman–Crippen MR) is 41.8 cm³/mol. The van der Waals surface area contributed by atoms with Crippen LogP contribution in [0.1, 0.15) is 33.5 Å². The van der Waals surface area contributed by atoms with Crippen molar-refractivity contribution in [3.63, 3.8) is 0 Å². The van der Waals surface area contributed by atoms with Gasteiger partial charge in [0.05, 0.1) is 1.37 Å². The largest absolute Gasteiger partial charge is 0.295 e. The monoisotopic (exact) mass is 140 g/mol. The first kappa shape index (κ1) is 6.14. The summed E-state index contributed by atoms with van der Waals surface area (Å²) in [7, 11) is 0. The molecule has 0 unspecified atom stereocenters. The van der Waals surface area contributed by atoms with Crippen LogP contribution in [0, 0.1) is 5.92 Å². The minimum Gasteiger partial charge on any atom is -0.295 e. The SMILES string of the molecule is [3H]/C=C/C(=O)C1CCCCC1. The minimum atomic E-state index is 0.153. The molecule has 0 spiro atoms. The molecule has 56 valence electrons. The van der Waals surface area contributed by atoms with Crippen molar-refractivity contribution in [2.75, 3.05) is 0 Å². The predicted octanol–water partition coefficient (Wildman–Crippen LogP) is 2.32. The van der Waals surface area contributed by atoms with Crippen molar-refractivity contribution in [1.82, 2.24) is 0 Å². The number of ketones is 1. The highest BCUT2D eigenvalue weighted by Gasteiger charge is 2.17. The molecule has 10 heavy (non-hydrogen) atoms. The van der Waals surface area contributed by atoms with E-state index in [1.807, 2.05) is 0 Å². The number of hydrogen-bond acceptors (Lipinski definition) is 1. The molecule has 1 aliphatic rings. The Morgan fingerprint density at radius 3 is 2.80 bits per heavy atom. The quantitative estimate of drug-likeness (QED) is 0.538. The van der Waals surface area contributed by atoms with Gasteiger partial charge in [0.2, 0.25) is 0 Å². The van der Waals surface area contributed by atoms with Crippen molar-refractivity contribution < 1.29 is 6.17 Å². The molecule has 1 nitrogen and oxygen atoms in total. The molecule has 1 aliphatic carbocycles. The van der Waals surface area contributed by atoms with Gasteiger partial charge in [-0.3, -0.25) is 4.79 Å². The third kappa shape index (κ3) is 1.69. The molecule has 1 saturated carbocycles. The molecule has 0 heterocycles. The molecule has 0 bridgehead atoms. The van der Waals surface area contributed by atoms with Gasteiger partial charge >= 0.3 is 0 Å². The summed E-state index contributed by atoms with van der Waals surface area (Å²) in [4.78, 5) is 11.2. The molecule has 0 aromatic rings. The summed E-state index contributed by atoms with van der Waals surface area (Å²) in [5.41, 5.74) is 0. The molecule has 0 saturated heterocycles. The van der Waals surface area contributed by atoms with Crippen LogP contribution < -0.4 is 0 Å². The van der Waals surface area contributed by atoms with E-state index in [9.17, 15) is 4.79 Å². The van der Waals surface area contributed by atoms with Crippen molar-refractivity contribution in [3.05, 3.63) is 12.6 Å². The molecule has 0 aliphatic heterocycles. The Balaban J connectivity index is 2.38. The van der Waals surface area contributed by atoms with Crippen molar-refractivity contribution in [1.29, 1.82) is 0 Å². The van der Waals surface area contributed by atoms with E-state index in [0.29, 0.717) is 0 Å². The van der Waals surface area contributed by atoms with Crippen LogP contribution in [0.15, 0.2) is 12.6 Å². The Bertz CT molecular complexity index is 157. The third-order valence-corrected chi connectivity index (χ3v) is 2.17. The second-order valence-electron chi connectivity index (χ2n) is 2.90. The lowest BCUT2D eigenvalue weighted by Gasteiger charge is -2.18. The maximum atomic E-state index is 11.2. The van der Waals surface area contributed by atoms with E-state index < -0.39 is 0 Å². The van der Waals surface area contributed by atoms with Gasteiger partial charge in [-0.05, 0) is 18.9 Å². The molecule has 0 aromatic heterocycles. The van der Waals surface area contributed by atoms with Gasteiger partial charge in [-0.25, -0.2) is 0 Å². The topological polar surface area (TPSA) is 17.1 Å². The average Bonchev–Trinajstić information content (AvgIpc) is 2.07. The van der Waals surface area contributed by atoms with Crippen LogP contribution in [0.4, 0.5) is 0 Å². The zero-order chi connectivity index (χ0) is 8.10. The van der Waals surface area contributed by atoms with E-state index in [4.69, 9.17) is 1.37 Å². The van der Waals surface area contributed by atoms with Gasteiger partial charge in [0.1, 0.15) is 0 Å². The smallest absolute Gasteiger partial charge is 0.158 e. The van der Waals surface area contributed by atoms with E-state index in [1.54, 1.807) is 0 Å². The van der Waals surface area contributed by atoms with Gasteiger partial charge in [0.25, 0.3) is 0 Å². The lowest BCUT2D eigenvalue weighted by molar-refractivity contribution is -0.119. The molecule has 0 N–H and O–H groups in total. The zero-order valence-electron chi connectivity index (χ0n) is 7.18. The van der Waals surface area contributed by atoms with Gasteiger partial charge < -0.3 is 0 Å². The zero-order valence-corrected chi connectivity index (χ0v) is 6.18. The van der Waals surface area contributed by atoms with E-state index in [-0.39, 0.29) is 11.7 Å². The molecule has 0 aromatic carbocycles. The van der Waals surface area contributed by atoms with Gasteiger partial charge in [-0.2, -0.15) is 0 Å². The van der Waals surface area contributed by atoms with E-state index in [0.717, 1.165) is 19.4 Å². The molecule has 0 atom stereocenters. The van der Waals surface area contributed by atoms with Crippen molar-refractivity contribution >= 4 is 5.78 Å². The summed E-state index contributed by atoms with van der Waals surface area (Å²) in [6, 6.07) is 0. The number of rotatable bonds is 2. The summed E-state index contributed by atoms with van der Waals surface area (Å²) in [6.45, 7) is 1.09. The second kappa shape index (κ2) is 3.55. The summed E-state index contributed by atoms with van der Waals surface area (Å²) in [6.07, 6.45) is 7.08. The average molecular weight is 140 g/mol. The number of hydrogen-bond donors (Lipinski definition) is 0. The molecule has 1 fully saturated rings. The van der Waals surface area contributed by atoms with Crippen LogP contribution in [0.25, 0.3) is 0 Å².